The number of carbonyl (C=O) groups excluding carboxylic acids is 1. The van der Waals surface area contributed by atoms with Gasteiger partial charge in [0.25, 0.3) is 5.91 Å². The van der Waals surface area contributed by atoms with Gasteiger partial charge in [0.1, 0.15) is 0 Å². The molecule has 0 spiro atoms. The number of hydrogen-bond acceptors (Lipinski definition) is 5. The molecule has 21 heavy (non-hydrogen) atoms. The van der Waals surface area contributed by atoms with Crippen LogP contribution in [0.1, 0.15) is 64.6 Å². The van der Waals surface area contributed by atoms with Crippen molar-refractivity contribution in [2.45, 2.75) is 51.5 Å². The molecule has 0 aromatic carbocycles. The first-order valence-electron chi connectivity index (χ1n) is 7.40. The van der Waals surface area contributed by atoms with Crippen LogP contribution < -0.4 is 5.32 Å². The zero-order chi connectivity index (χ0) is 14.7. The topological polar surface area (TPSA) is 83.6 Å². The van der Waals surface area contributed by atoms with Gasteiger partial charge in [0.05, 0.1) is 10.9 Å². The Kier molecular flexibility index (Phi) is 4.28. The van der Waals surface area contributed by atoms with Crippen LogP contribution in [0.2, 0.25) is 0 Å². The first-order valence-corrected chi connectivity index (χ1v) is 8.21. The van der Waals surface area contributed by atoms with E-state index in [4.69, 9.17) is 0 Å². The minimum Gasteiger partial charge on any atom is -0.341 e. The maximum Gasteiger partial charge on any atom is 0.261 e. The highest BCUT2D eigenvalue weighted by molar-refractivity contribution is 7.14. The lowest BCUT2D eigenvalue weighted by Crippen LogP contribution is -2.26. The van der Waals surface area contributed by atoms with Crippen LogP contribution in [-0.4, -0.2) is 26.5 Å². The van der Waals surface area contributed by atoms with Crippen molar-refractivity contribution >= 4 is 17.2 Å². The fraction of sp³-hybridized carbons (Fsp3) is 0.571. The van der Waals surface area contributed by atoms with Crippen molar-refractivity contribution in [3.63, 3.8) is 0 Å². The van der Waals surface area contributed by atoms with Crippen molar-refractivity contribution in [2.75, 3.05) is 0 Å². The Morgan fingerprint density at radius 1 is 1.33 bits per heavy atom. The van der Waals surface area contributed by atoms with E-state index in [-0.39, 0.29) is 11.9 Å². The highest BCUT2D eigenvalue weighted by Gasteiger charge is 2.19. The summed E-state index contributed by atoms with van der Waals surface area (Å²) >= 11 is 1.63. The molecule has 2 aromatic heterocycles. The molecule has 1 atom stereocenters. The standard InChI is InChI=1S/C14H19N5OS/c1-9(13-16-18-19-17-13)15-14(20)12-8-10-6-4-2-3-5-7-11(10)21-12/h8-9H,2-7H2,1H3,(H,15,20)(H,16,17,18,19). The maximum absolute atomic E-state index is 12.4. The Balaban J connectivity index is 1.71. The molecule has 2 aromatic rings. The molecule has 1 unspecified atom stereocenters. The fourth-order valence-electron chi connectivity index (χ4n) is 2.64. The van der Waals surface area contributed by atoms with E-state index < -0.39 is 0 Å². The quantitative estimate of drug-likeness (QED) is 0.912. The number of aromatic amines is 1. The van der Waals surface area contributed by atoms with E-state index >= 15 is 0 Å². The summed E-state index contributed by atoms with van der Waals surface area (Å²) in [5.74, 6) is 0.447. The average molecular weight is 305 g/mol. The lowest BCUT2D eigenvalue weighted by Gasteiger charge is -2.08. The van der Waals surface area contributed by atoms with Gasteiger partial charge in [-0.25, -0.2) is 0 Å². The molecule has 0 fully saturated rings. The molecule has 0 saturated carbocycles. The molecule has 0 saturated heterocycles. The van der Waals surface area contributed by atoms with Gasteiger partial charge < -0.3 is 5.32 Å². The van der Waals surface area contributed by atoms with Gasteiger partial charge in [0.15, 0.2) is 5.82 Å². The van der Waals surface area contributed by atoms with Crippen LogP contribution >= 0.6 is 11.3 Å². The van der Waals surface area contributed by atoms with Gasteiger partial charge >= 0.3 is 0 Å². The van der Waals surface area contributed by atoms with Gasteiger partial charge in [0.2, 0.25) is 0 Å². The van der Waals surface area contributed by atoms with E-state index in [9.17, 15) is 4.79 Å². The smallest absolute Gasteiger partial charge is 0.261 e. The lowest BCUT2D eigenvalue weighted by molar-refractivity contribution is 0.0942. The van der Waals surface area contributed by atoms with Crippen LogP contribution in [0, 0.1) is 0 Å². The summed E-state index contributed by atoms with van der Waals surface area (Å²) in [5.41, 5.74) is 1.36. The number of aromatic nitrogens is 4. The molecule has 0 radical (unpaired) electrons. The molecule has 2 heterocycles. The summed E-state index contributed by atoms with van der Waals surface area (Å²) < 4.78 is 0. The van der Waals surface area contributed by atoms with Gasteiger partial charge in [-0.15, -0.1) is 21.5 Å². The number of tetrazole rings is 1. The maximum atomic E-state index is 12.4. The SMILES string of the molecule is CC(NC(=O)c1cc2c(s1)CCCCCC2)c1nn[nH]n1. The lowest BCUT2D eigenvalue weighted by atomic mass is 10.00. The Bertz CT molecular complexity index is 581. The molecule has 112 valence electrons. The highest BCUT2D eigenvalue weighted by atomic mass is 32.1. The Morgan fingerprint density at radius 2 is 2.14 bits per heavy atom. The molecular formula is C14H19N5OS. The van der Waals surface area contributed by atoms with Crippen molar-refractivity contribution in [3.05, 3.63) is 27.2 Å². The minimum atomic E-state index is -0.249. The van der Waals surface area contributed by atoms with Crippen LogP contribution in [0.25, 0.3) is 0 Å². The predicted molar refractivity (Wildman–Crippen MR) is 80.3 cm³/mol. The third-order valence-electron chi connectivity index (χ3n) is 3.82. The van der Waals surface area contributed by atoms with Gasteiger partial charge in [0, 0.05) is 4.88 Å². The molecule has 7 heteroatoms. The third-order valence-corrected chi connectivity index (χ3v) is 5.05. The van der Waals surface area contributed by atoms with E-state index in [1.807, 2.05) is 6.92 Å². The largest absolute Gasteiger partial charge is 0.341 e. The summed E-state index contributed by atoms with van der Waals surface area (Å²) in [6.07, 6.45) is 7.25. The second-order valence-corrected chi connectivity index (χ2v) is 6.58. The van der Waals surface area contributed by atoms with Crippen LogP contribution in [0.3, 0.4) is 0 Å². The monoisotopic (exact) mass is 305 g/mol. The highest BCUT2D eigenvalue weighted by Crippen LogP contribution is 2.28. The van der Waals surface area contributed by atoms with Crippen molar-refractivity contribution in [2.24, 2.45) is 0 Å². The van der Waals surface area contributed by atoms with E-state index in [2.05, 4.69) is 32.0 Å². The van der Waals surface area contributed by atoms with Crippen LogP contribution in [0.15, 0.2) is 6.07 Å². The summed E-state index contributed by atoms with van der Waals surface area (Å²) in [4.78, 5) is 14.5. The van der Waals surface area contributed by atoms with Crippen molar-refractivity contribution < 1.29 is 4.79 Å². The molecular weight excluding hydrogens is 286 g/mol. The number of nitrogens with zero attached hydrogens (tertiary/aromatic N) is 3. The fourth-order valence-corrected chi connectivity index (χ4v) is 3.80. The zero-order valence-corrected chi connectivity index (χ0v) is 12.9. The van der Waals surface area contributed by atoms with Crippen LogP contribution in [0.4, 0.5) is 0 Å². The first-order chi connectivity index (χ1) is 10.2. The number of H-pyrrole nitrogens is 1. The molecule has 0 bridgehead atoms. The van der Waals surface area contributed by atoms with Crippen LogP contribution in [0.5, 0.6) is 0 Å². The molecule has 0 aliphatic heterocycles. The normalized spacial score (nSPS) is 16.6. The molecule has 6 nitrogen and oxygen atoms in total. The Morgan fingerprint density at radius 3 is 2.90 bits per heavy atom. The second kappa shape index (κ2) is 6.34. The Labute approximate surface area is 127 Å². The van der Waals surface area contributed by atoms with Gasteiger partial charge in [-0.05, 0) is 44.2 Å². The minimum absolute atomic E-state index is 0.0518. The number of thiophene rings is 1. The summed E-state index contributed by atoms with van der Waals surface area (Å²) in [7, 11) is 0. The number of fused-ring (bicyclic) bond motifs is 1. The van der Waals surface area contributed by atoms with Crippen molar-refractivity contribution in [1.29, 1.82) is 0 Å². The van der Waals surface area contributed by atoms with E-state index in [0.717, 1.165) is 17.7 Å². The van der Waals surface area contributed by atoms with E-state index in [0.29, 0.717) is 5.82 Å². The number of rotatable bonds is 3. The molecule has 2 N–H and O–H groups in total. The zero-order valence-electron chi connectivity index (χ0n) is 12.1. The number of amides is 1. The number of hydrogen-bond donors (Lipinski definition) is 2. The summed E-state index contributed by atoms with van der Waals surface area (Å²) in [5, 5.41) is 16.6. The van der Waals surface area contributed by atoms with Gasteiger partial charge in [-0.1, -0.05) is 18.1 Å². The third kappa shape index (κ3) is 3.29. The van der Waals surface area contributed by atoms with E-state index in [1.165, 1.54) is 36.1 Å². The molecule has 1 aliphatic carbocycles. The van der Waals surface area contributed by atoms with Crippen molar-refractivity contribution in [3.8, 4) is 0 Å². The molecule has 3 rings (SSSR count). The van der Waals surface area contributed by atoms with E-state index in [1.54, 1.807) is 11.3 Å². The summed E-state index contributed by atoms with van der Waals surface area (Å²) in [6, 6.07) is 1.81. The number of nitrogens with one attached hydrogen (secondary N) is 2. The molecule has 1 aliphatic rings. The van der Waals surface area contributed by atoms with Gasteiger partial charge in [-0.3, -0.25) is 4.79 Å². The first kappa shape index (κ1) is 14.2. The summed E-state index contributed by atoms with van der Waals surface area (Å²) in [6.45, 7) is 1.85. The Hall–Kier alpha value is -1.76. The number of aryl methyl sites for hydroxylation is 2. The predicted octanol–water partition coefficient (Wildman–Crippen LogP) is 2.41. The van der Waals surface area contributed by atoms with Gasteiger partial charge in [-0.2, -0.15) is 5.21 Å². The molecule has 1 amide bonds. The number of carbonyl (C=O) groups is 1. The van der Waals surface area contributed by atoms with Crippen molar-refractivity contribution in [1.82, 2.24) is 25.9 Å². The average Bonchev–Trinajstić information content (AvgIpc) is 3.08. The second-order valence-electron chi connectivity index (χ2n) is 5.44. The van der Waals surface area contributed by atoms with Crippen LogP contribution in [-0.2, 0) is 12.8 Å².